The van der Waals surface area contributed by atoms with Crippen molar-refractivity contribution in [1.29, 1.82) is 0 Å². The molecule has 0 saturated heterocycles. The summed E-state index contributed by atoms with van der Waals surface area (Å²) in [6, 6.07) is 10.9. The van der Waals surface area contributed by atoms with E-state index in [2.05, 4.69) is 15.3 Å². The van der Waals surface area contributed by atoms with Gasteiger partial charge in [-0.25, -0.2) is 4.98 Å². The molecule has 0 aliphatic rings. The molecule has 0 bridgehead atoms. The van der Waals surface area contributed by atoms with Gasteiger partial charge < -0.3 is 10.1 Å². The molecule has 1 aromatic carbocycles. The first-order valence-electron chi connectivity index (χ1n) is 8.50. The van der Waals surface area contributed by atoms with Crippen LogP contribution in [0.4, 0.5) is 5.69 Å². The highest BCUT2D eigenvalue weighted by atomic mass is 32.1. The van der Waals surface area contributed by atoms with Crippen molar-refractivity contribution >= 4 is 28.9 Å². The summed E-state index contributed by atoms with van der Waals surface area (Å²) < 4.78 is 4.93. The maximum Gasteiger partial charge on any atom is 0.310 e. The molecule has 3 rings (SSSR count). The van der Waals surface area contributed by atoms with Gasteiger partial charge in [-0.15, -0.1) is 11.3 Å². The first-order valence-corrected chi connectivity index (χ1v) is 9.32. The van der Waals surface area contributed by atoms with Gasteiger partial charge in [0.15, 0.2) is 0 Å². The smallest absolute Gasteiger partial charge is 0.310 e. The van der Waals surface area contributed by atoms with Crippen LogP contribution in [0.25, 0.3) is 10.6 Å². The topological polar surface area (TPSA) is 81.2 Å². The highest BCUT2D eigenvalue weighted by molar-refractivity contribution is 7.17. The Balaban J connectivity index is 1.69. The third-order valence-corrected chi connectivity index (χ3v) is 4.98. The summed E-state index contributed by atoms with van der Waals surface area (Å²) in [7, 11) is 0. The van der Waals surface area contributed by atoms with E-state index in [4.69, 9.17) is 4.74 Å². The summed E-state index contributed by atoms with van der Waals surface area (Å²) in [5, 5.41) is 3.63. The molecule has 1 N–H and O–H groups in total. The molecule has 0 spiro atoms. The fourth-order valence-corrected chi connectivity index (χ4v) is 3.44. The van der Waals surface area contributed by atoms with Crippen molar-refractivity contribution < 1.29 is 14.3 Å². The lowest BCUT2D eigenvalue weighted by molar-refractivity contribution is -0.142. The first-order chi connectivity index (χ1) is 13.1. The van der Waals surface area contributed by atoms with Crippen molar-refractivity contribution in [3.8, 4) is 10.6 Å². The molecular formula is C20H19N3O3S. The van der Waals surface area contributed by atoms with E-state index in [0.717, 1.165) is 16.1 Å². The maximum absolute atomic E-state index is 12.6. The van der Waals surface area contributed by atoms with Gasteiger partial charge in [0.25, 0.3) is 5.91 Å². The fourth-order valence-electron chi connectivity index (χ4n) is 2.49. The van der Waals surface area contributed by atoms with Gasteiger partial charge in [0.1, 0.15) is 9.88 Å². The van der Waals surface area contributed by atoms with E-state index in [-0.39, 0.29) is 18.3 Å². The number of aryl methyl sites for hydroxylation is 1. The molecule has 0 aliphatic heterocycles. The van der Waals surface area contributed by atoms with Crippen molar-refractivity contribution in [2.75, 3.05) is 11.9 Å². The van der Waals surface area contributed by atoms with Crippen LogP contribution in [0.2, 0.25) is 0 Å². The van der Waals surface area contributed by atoms with Crippen molar-refractivity contribution in [3.63, 3.8) is 0 Å². The zero-order chi connectivity index (χ0) is 19.2. The molecule has 0 aliphatic carbocycles. The molecule has 138 valence electrons. The lowest BCUT2D eigenvalue weighted by Gasteiger charge is -2.06. The number of carbonyl (C=O) groups is 2. The standard InChI is InChI=1S/C20H19N3O3S/c1-3-26-17(24)11-14-6-8-16(9-7-14)23-19(25)18-13(2)22-20(27-18)15-5-4-10-21-12-15/h4-10,12H,3,11H2,1-2H3,(H,23,25). The molecule has 2 aromatic heterocycles. The van der Waals surface area contributed by atoms with Gasteiger partial charge >= 0.3 is 5.97 Å². The Labute approximate surface area is 161 Å². The van der Waals surface area contributed by atoms with E-state index in [1.54, 1.807) is 43.6 Å². The van der Waals surface area contributed by atoms with Crippen LogP contribution in [-0.2, 0) is 16.0 Å². The number of benzene rings is 1. The van der Waals surface area contributed by atoms with Gasteiger partial charge in [-0.05, 0) is 43.7 Å². The molecule has 0 radical (unpaired) electrons. The van der Waals surface area contributed by atoms with Gasteiger partial charge in [0.05, 0.1) is 18.7 Å². The molecule has 6 nitrogen and oxygen atoms in total. The second-order valence-corrected chi connectivity index (χ2v) is 6.81. The number of thiazole rings is 1. The minimum atomic E-state index is -0.266. The zero-order valence-corrected chi connectivity index (χ0v) is 15.9. The number of nitrogens with one attached hydrogen (secondary N) is 1. The predicted molar refractivity (Wildman–Crippen MR) is 105 cm³/mol. The summed E-state index contributed by atoms with van der Waals surface area (Å²) in [6.07, 6.45) is 3.63. The lowest BCUT2D eigenvalue weighted by Crippen LogP contribution is -2.12. The number of nitrogens with zero attached hydrogens (tertiary/aromatic N) is 2. The van der Waals surface area contributed by atoms with E-state index in [1.807, 2.05) is 19.1 Å². The van der Waals surface area contributed by atoms with Crippen LogP contribution in [0.3, 0.4) is 0 Å². The Morgan fingerprint density at radius 2 is 1.96 bits per heavy atom. The number of esters is 1. The molecule has 1 amide bonds. The molecule has 0 fully saturated rings. The summed E-state index contributed by atoms with van der Waals surface area (Å²) in [4.78, 5) is 33.2. The predicted octanol–water partition coefficient (Wildman–Crippen LogP) is 3.87. The van der Waals surface area contributed by atoms with Gasteiger partial charge in [-0.3, -0.25) is 14.6 Å². The van der Waals surface area contributed by atoms with E-state index in [9.17, 15) is 9.59 Å². The van der Waals surface area contributed by atoms with Crippen molar-refractivity contribution in [2.24, 2.45) is 0 Å². The van der Waals surface area contributed by atoms with Crippen LogP contribution >= 0.6 is 11.3 Å². The zero-order valence-electron chi connectivity index (χ0n) is 15.1. The first kappa shape index (κ1) is 18.7. The SMILES string of the molecule is CCOC(=O)Cc1ccc(NC(=O)c2sc(-c3cccnc3)nc2C)cc1. The van der Waals surface area contributed by atoms with Crippen molar-refractivity contribution in [1.82, 2.24) is 9.97 Å². The number of hydrogen-bond acceptors (Lipinski definition) is 6. The number of pyridine rings is 1. The Hall–Kier alpha value is -3.06. The van der Waals surface area contributed by atoms with Gasteiger partial charge in [0.2, 0.25) is 0 Å². The Morgan fingerprint density at radius 1 is 1.19 bits per heavy atom. The van der Waals surface area contributed by atoms with E-state index in [0.29, 0.717) is 22.9 Å². The monoisotopic (exact) mass is 381 g/mol. The number of amides is 1. The quantitative estimate of drug-likeness (QED) is 0.656. The number of anilines is 1. The van der Waals surface area contributed by atoms with Gasteiger partial charge in [0, 0.05) is 23.6 Å². The van der Waals surface area contributed by atoms with E-state index in [1.165, 1.54) is 11.3 Å². The van der Waals surface area contributed by atoms with Crippen LogP contribution in [0.15, 0.2) is 48.8 Å². The normalized spacial score (nSPS) is 10.4. The molecule has 7 heteroatoms. The number of aromatic nitrogens is 2. The van der Waals surface area contributed by atoms with Crippen LogP contribution < -0.4 is 5.32 Å². The number of carbonyl (C=O) groups excluding carboxylic acids is 2. The van der Waals surface area contributed by atoms with Crippen LogP contribution in [0.1, 0.15) is 27.9 Å². The van der Waals surface area contributed by atoms with E-state index >= 15 is 0 Å². The highest BCUT2D eigenvalue weighted by Gasteiger charge is 2.16. The second kappa shape index (κ2) is 8.55. The molecular weight excluding hydrogens is 362 g/mol. The number of ether oxygens (including phenoxy) is 1. The Bertz CT molecular complexity index is 937. The third-order valence-electron chi connectivity index (χ3n) is 3.78. The molecule has 0 atom stereocenters. The summed E-state index contributed by atoms with van der Waals surface area (Å²) in [5.41, 5.74) is 3.05. The summed E-state index contributed by atoms with van der Waals surface area (Å²) in [5.74, 6) is -0.476. The Kier molecular flexibility index (Phi) is 5.93. The average Bonchev–Trinajstić information content (AvgIpc) is 3.06. The highest BCUT2D eigenvalue weighted by Crippen LogP contribution is 2.28. The Morgan fingerprint density at radius 3 is 2.63 bits per heavy atom. The third kappa shape index (κ3) is 4.77. The summed E-state index contributed by atoms with van der Waals surface area (Å²) in [6.45, 7) is 3.95. The van der Waals surface area contributed by atoms with Gasteiger partial charge in [-0.2, -0.15) is 0 Å². The minimum Gasteiger partial charge on any atom is -0.466 e. The average molecular weight is 381 g/mol. The summed E-state index contributed by atoms with van der Waals surface area (Å²) >= 11 is 1.33. The minimum absolute atomic E-state index is 0.210. The fraction of sp³-hybridized carbons (Fsp3) is 0.200. The van der Waals surface area contributed by atoms with Crippen LogP contribution in [-0.4, -0.2) is 28.5 Å². The lowest BCUT2D eigenvalue weighted by atomic mass is 10.1. The second-order valence-electron chi connectivity index (χ2n) is 5.81. The van der Waals surface area contributed by atoms with Crippen LogP contribution in [0.5, 0.6) is 0 Å². The number of rotatable bonds is 6. The molecule has 0 unspecified atom stereocenters. The molecule has 2 heterocycles. The van der Waals surface area contributed by atoms with Crippen molar-refractivity contribution in [3.05, 3.63) is 64.9 Å². The molecule has 0 saturated carbocycles. The largest absolute Gasteiger partial charge is 0.466 e. The van der Waals surface area contributed by atoms with Gasteiger partial charge in [-0.1, -0.05) is 12.1 Å². The molecule has 3 aromatic rings. The van der Waals surface area contributed by atoms with Crippen molar-refractivity contribution in [2.45, 2.75) is 20.3 Å². The number of hydrogen-bond donors (Lipinski definition) is 1. The molecule has 27 heavy (non-hydrogen) atoms. The van der Waals surface area contributed by atoms with E-state index < -0.39 is 0 Å². The van der Waals surface area contributed by atoms with Crippen LogP contribution in [0, 0.1) is 6.92 Å². The maximum atomic E-state index is 12.6.